The minimum atomic E-state index is -0.405. The minimum Gasteiger partial charge on any atom is -0.496 e. The van der Waals surface area contributed by atoms with Crippen molar-refractivity contribution in [2.75, 3.05) is 45.7 Å². The minimum absolute atomic E-state index is 0.00441. The zero-order chi connectivity index (χ0) is 36.4. The van der Waals surface area contributed by atoms with Gasteiger partial charge in [-0.05, 0) is 73.4 Å². The Kier molecular flexibility index (Phi) is 10.2. The Morgan fingerprint density at radius 3 is 2.29 bits per heavy atom. The smallest absolute Gasteiger partial charge is 0.317 e. The number of methoxy groups -OCH3 is 2. The number of fused-ring (bicyclic) bond motifs is 1. The molecule has 0 saturated carbocycles. The van der Waals surface area contributed by atoms with E-state index in [-0.39, 0.29) is 29.4 Å². The van der Waals surface area contributed by atoms with Gasteiger partial charge >= 0.3 is 6.03 Å². The molecule has 0 aliphatic carbocycles. The molecule has 14 heteroatoms. The summed E-state index contributed by atoms with van der Waals surface area (Å²) in [5.74, 6) is 1.28. The predicted octanol–water partition coefficient (Wildman–Crippen LogP) is 3.72. The number of aryl methyl sites for hydroxylation is 1. The molecule has 52 heavy (non-hydrogen) atoms. The molecule has 2 aromatic heterocycles. The number of nitrogens with one attached hydrogen (secondary N) is 4. The van der Waals surface area contributed by atoms with Crippen molar-refractivity contribution in [3.63, 3.8) is 0 Å². The Bertz CT molecular complexity index is 1980. The third-order valence-corrected chi connectivity index (χ3v) is 10.7. The number of carbonyl (C=O) groups excluding carboxylic acids is 3. The van der Waals surface area contributed by atoms with Crippen LogP contribution in [0.2, 0.25) is 0 Å². The normalized spacial score (nSPS) is 19.1. The molecule has 3 fully saturated rings. The van der Waals surface area contributed by atoms with Gasteiger partial charge < -0.3 is 29.6 Å². The third kappa shape index (κ3) is 7.33. The second-order valence-electron chi connectivity index (χ2n) is 14.0. The molecule has 4 amide bonds. The maximum Gasteiger partial charge on any atom is 0.317 e. The summed E-state index contributed by atoms with van der Waals surface area (Å²) in [6.45, 7) is 3.69. The second-order valence-corrected chi connectivity index (χ2v) is 14.0. The van der Waals surface area contributed by atoms with Crippen LogP contribution in [0, 0.1) is 0 Å². The number of aromatic nitrogens is 3. The molecule has 4 aromatic rings. The van der Waals surface area contributed by atoms with Crippen LogP contribution < -0.4 is 31.0 Å². The molecule has 1 atom stereocenters. The van der Waals surface area contributed by atoms with E-state index in [2.05, 4.69) is 43.2 Å². The van der Waals surface area contributed by atoms with E-state index in [1.165, 1.54) is 5.56 Å². The van der Waals surface area contributed by atoms with Gasteiger partial charge in [0.2, 0.25) is 11.8 Å². The van der Waals surface area contributed by atoms with Gasteiger partial charge in [-0.25, -0.2) is 4.79 Å². The lowest BCUT2D eigenvalue weighted by Gasteiger charge is -2.36. The summed E-state index contributed by atoms with van der Waals surface area (Å²) in [5, 5.41) is 16.6. The lowest BCUT2D eigenvalue weighted by atomic mass is 9.89. The maximum atomic E-state index is 13.3. The van der Waals surface area contributed by atoms with Crippen molar-refractivity contribution < 1.29 is 23.9 Å². The molecule has 0 radical (unpaired) electrons. The molecule has 3 saturated heterocycles. The van der Waals surface area contributed by atoms with Crippen molar-refractivity contribution >= 4 is 34.4 Å². The van der Waals surface area contributed by atoms with E-state index >= 15 is 0 Å². The predicted molar refractivity (Wildman–Crippen MR) is 196 cm³/mol. The van der Waals surface area contributed by atoms with Crippen LogP contribution in [0.3, 0.4) is 0 Å². The molecule has 4 N–H and O–H groups in total. The molecule has 274 valence electrons. The average molecular weight is 711 g/mol. The van der Waals surface area contributed by atoms with Gasteiger partial charge in [0.25, 0.3) is 5.56 Å². The molecule has 3 aliphatic rings. The summed E-state index contributed by atoms with van der Waals surface area (Å²) in [7, 11) is 5.03. The first-order valence-corrected chi connectivity index (χ1v) is 18.0. The van der Waals surface area contributed by atoms with Crippen LogP contribution in [0.1, 0.15) is 55.6 Å². The fourth-order valence-corrected chi connectivity index (χ4v) is 7.70. The van der Waals surface area contributed by atoms with Crippen LogP contribution in [0.4, 0.5) is 10.5 Å². The van der Waals surface area contributed by atoms with Gasteiger partial charge in [-0.3, -0.25) is 29.7 Å². The molecule has 5 heterocycles. The first-order valence-electron chi connectivity index (χ1n) is 18.0. The van der Waals surface area contributed by atoms with Crippen LogP contribution in [0.5, 0.6) is 11.5 Å². The summed E-state index contributed by atoms with van der Waals surface area (Å²) in [6, 6.07) is 11.8. The number of aromatic amines is 1. The van der Waals surface area contributed by atoms with Crippen molar-refractivity contribution in [1.29, 1.82) is 0 Å². The van der Waals surface area contributed by atoms with Crippen molar-refractivity contribution in [2.24, 2.45) is 7.05 Å². The highest BCUT2D eigenvalue weighted by Crippen LogP contribution is 2.38. The van der Waals surface area contributed by atoms with Crippen molar-refractivity contribution in [1.82, 2.24) is 35.2 Å². The van der Waals surface area contributed by atoms with Gasteiger partial charge in [0, 0.05) is 75.1 Å². The van der Waals surface area contributed by atoms with Gasteiger partial charge in [-0.15, -0.1) is 0 Å². The fourth-order valence-electron chi connectivity index (χ4n) is 7.70. The monoisotopic (exact) mass is 710 g/mol. The van der Waals surface area contributed by atoms with Crippen LogP contribution in [-0.2, 0) is 23.2 Å². The van der Waals surface area contributed by atoms with Gasteiger partial charge in [-0.2, -0.15) is 5.10 Å². The fraction of sp³-hybridized carbons (Fsp3) is 0.447. The lowest BCUT2D eigenvalue weighted by Crippen LogP contribution is -2.50. The van der Waals surface area contributed by atoms with Gasteiger partial charge in [0.15, 0.2) is 0 Å². The average Bonchev–Trinajstić information content (AvgIpc) is 3.66. The number of carbonyl (C=O) groups is 3. The Balaban J connectivity index is 0.899. The number of likely N-dealkylation sites (tertiary alicyclic amines) is 2. The number of benzene rings is 2. The number of ether oxygens (including phenoxy) is 2. The number of hydrogen-bond acceptors (Lipinski definition) is 9. The number of anilines is 1. The Labute approximate surface area is 301 Å². The largest absolute Gasteiger partial charge is 0.496 e. The Hall–Kier alpha value is -5.37. The highest BCUT2D eigenvalue weighted by atomic mass is 16.5. The van der Waals surface area contributed by atoms with E-state index < -0.39 is 6.04 Å². The van der Waals surface area contributed by atoms with Gasteiger partial charge in [0.05, 0.1) is 26.0 Å². The van der Waals surface area contributed by atoms with Crippen LogP contribution in [0.15, 0.2) is 53.6 Å². The SMILES string of the molecule is COc1cc(-c2cn(C)c(=O)c3[nH]ncc23)cc(OC)c1CN1CCC(NC(=O)N2CCC(c3ccc(NC4CCC(=O)NC4=O)cc3)CC2)CC1. The molecule has 14 nitrogen and oxygen atoms in total. The molecule has 3 aliphatic heterocycles. The standard InChI is InChI=1S/C38H46N8O6/c1-44-21-29(28-20-39-43-35(28)37(44)49)25-18-32(51-2)30(33(19-25)52-3)22-45-14-12-27(13-15-45)41-38(50)46-16-10-24(11-17-46)23-4-6-26(7-5-23)40-31-8-9-34(47)42-36(31)48/h4-7,18-21,24,27,31,40H,8-17,22H2,1-3H3,(H,39,43)(H,41,50)(H,42,47,48). The summed E-state index contributed by atoms with van der Waals surface area (Å²) >= 11 is 0. The topological polar surface area (TPSA) is 163 Å². The van der Waals surface area contributed by atoms with Crippen molar-refractivity contribution in [2.45, 2.75) is 63.1 Å². The Morgan fingerprint density at radius 1 is 0.942 bits per heavy atom. The highest BCUT2D eigenvalue weighted by molar-refractivity contribution is 6.01. The van der Waals surface area contributed by atoms with E-state index in [1.807, 2.05) is 29.2 Å². The van der Waals surface area contributed by atoms with E-state index in [0.717, 1.165) is 66.5 Å². The summed E-state index contributed by atoms with van der Waals surface area (Å²) in [4.78, 5) is 53.7. The van der Waals surface area contributed by atoms with Crippen LogP contribution >= 0.6 is 0 Å². The molecular weight excluding hydrogens is 664 g/mol. The molecule has 7 rings (SSSR count). The molecule has 1 unspecified atom stereocenters. The number of rotatable bonds is 9. The molecular formula is C38H46N8O6. The molecule has 0 bridgehead atoms. The lowest BCUT2D eigenvalue weighted by molar-refractivity contribution is -0.133. The number of hydrogen-bond donors (Lipinski definition) is 4. The first kappa shape index (κ1) is 35.1. The number of piperidine rings is 3. The summed E-state index contributed by atoms with van der Waals surface area (Å²) in [6.07, 6.45) is 7.78. The molecule has 0 spiro atoms. The van der Waals surface area contributed by atoms with Crippen molar-refractivity contribution in [3.05, 3.63) is 70.3 Å². The van der Waals surface area contributed by atoms with E-state index in [1.54, 1.807) is 38.2 Å². The van der Waals surface area contributed by atoms with E-state index in [9.17, 15) is 19.2 Å². The Morgan fingerprint density at radius 2 is 1.63 bits per heavy atom. The third-order valence-electron chi connectivity index (χ3n) is 10.7. The zero-order valence-corrected chi connectivity index (χ0v) is 29.9. The number of pyridine rings is 1. The molecule has 2 aromatic carbocycles. The number of urea groups is 1. The summed E-state index contributed by atoms with van der Waals surface area (Å²) < 4.78 is 13.3. The maximum absolute atomic E-state index is 13.3. The number of amides is 4. The van der Waals surface area contributed by atoms with Gasteiger partial charge in [-0.1, -0.05) is 12.1 Å². The van der Waals surface area contributed by atoms with Crippen LogP contribution in [-0.4, -0.2) is 94.9 Å². The number of H-pyrrole nitrogens is 1. The zero-order valence-electron chi connectivity index (χ0n) is 29.9. The van der Waals surface area contributed by atoms with Crippen LogP contribution in [0.25, 0.3) is 22.0 Å². The highest BCUT2D eigenvalue weighted by Gasteiger charge is 2.29. The first-order chi connectivity index (χ1) is 25.2. The van der Waals surface area contributed by atoms with Gasteiger partial charge in [0.1, 0.15) is 23.1 Å². The quantitative estimate of drug-likeness (QED) is 0.190. The van der Waals surface area contributed by atoms with E-state index in [4.69, 9.17) is 9.47 Å². The number of nitrogens with zero attached hydrogens (tertiary/aromatic N) is 4. The van der Waals surface area contributed by atoms with E-state index in [0.29, 0.717) is 55.4 Å². The number of imide groups is 1. The second kappa shape index (κ2) is 15.1. The van der Waals surface area contributed by atoms with Crippen molar-refractivity contribution in [3.8, 4) is 22.6 Å². The summed E-state index contributed by atoms with van der Waals surface area (Å²) in [5.41, 5.74) is 5.06.